The molecule has 1 rings (SSSR count). The van der Waals surface area contributed by atoms with Crippen LogP contribution in [-0.2, 0) is 10.2 Å². The molecule has 2 nitrogen and oxygen atoms in total. The van der Waals surface area contributed by atoms with E-state index in [-0.39, 0.29) is 0 Å². The molecular formula is C11H13BrO2. The zero-order chi connectivity index (χ0) is 10.8. The highest BCUT2D eigenvalue weighted by Crippen LogP contribution is 2.35. The molecule has 0 spiro atoms. The Morgan fingerprint density at radius 2 is 2.07 bits per heavy atom. The minimum atomic E-state index is -0.536. The van der Waals surface area contributed by atoms with Crippen molar-refractivity contribution < 1.29 is 9.53 Å². The molecule has 0 aliphatic carbocycles. The van der Waals surface area contributed by atoms with Crippen molar-refractivity contribution in [3.8, 4) is 5.75 Å². The highest BCUT2D eigenvalue weighted by atomic mass is 79.9. The first-order valence-electron chi connectivity index (χ1n) is 4.32. The molecular weight excluding hydrogens is 244 g/mol. The third-order valence-corrected chi connectivity index (χ3v) is 2.80. The van der Waals surface area contributed by atoms with Crippen LogP contribution in [0.4, 0.5) is 0 Å². The number of ether oxygens (including phenoxy) is 1. The van der Waals surface area contributed by atoms with Crippen molar-refractivity contribution >= 4 is 22.2 Å². The van der Waals surface area contributed by atoms with Crippen LogP contribution < -0.4 is 4.74 Å². The number of halogens is 1. The second-order valence-electron chi connectivity index (χ2n) is 3.66. The van der Waals surface area contributed by atoms with Crippen molar-refractivity contribution in [3.05, 3.63) is 28.2 Å². The molecule has 0 saturated carbocycles. The van der Waals surface area contributed by atoms with Gasteiger partial charge in [0.2, 0.25) is 0 Å². The number of methoxy groups -OCH3 is 1. The maximum Gasteiger partial charge on any atom is 0.130 e. The van der Waals surface area contributed by atoms with E-state index in [1.165, 1.54) is 0 Å². The van der Waals surface area contributed by atoms with E-state index in [9.17, 15) is 4.79 Å². The van der Waals surface area contributed by atoms with Gasteiger partial charge < -0.3 is 9.53 Å². The molecule has 0 N–H and O–H groups in total. The van der Waals surface area contributed by atoms with Crippen molar-refractivity contribution in [3.63, 3.8) is 0 Å². The molecule has 0 atom stereocenters. The number of carbonyl (C=O) groups excluding carboxylic acids is 1. The van der Waals surface area contributed by atoms with Gasteiger partial charge >= 0.3 is 0 Å². The van der Waals surface area contributed by atoms with Gasteiger partial charge in [0.1, 0.15) is 12.0 Å². The lowest BCUT2D eigenvalue weighted by molar-refractivity contribution is -0.111. The Kier molecular flexibility index (Phi) is 3.32. The molecule has 0 amide bonds. The van der Waals surface area contributed by atoms with E-state index in [1.54, 1.807) is 7.11 Å². The maximum atomic E-state index is 11.0. The summed E-state index contributed by atoms with van der Waals surface area (Å²) in [7, 11) is 1.60. The fraction of sp³-hybridized carbons (Fsp3) is 0.364. The predicted molar refractivity (Wildman–Crippen MR) is 59.8 cm³/mol. The maximum absolute atomic E-state index is 11.0. The Hall–Kier alpha value is -0.830. The lowest BCUT2D eigenvalue weighted by atomic mass is 9.86. The molecule has 0 bridgehead atoms. The summed E-state index contributed by atoms with van der Waals surface area (Å²) in [6.07, 6.45) is 0.926. The second kappa shape index (κ2) is 4.13. The van der Waals surface area contributed by atoms with Gasteiger partial charge in [0.25, 0.3) is 0 Å². The smallest absolute Gasteiger partial charge is 0.130 e. The first-order chi connectivity index (χ1) is 6.53. The molecule has 0 fully saturated rings. The van der Waals surface area contributed by atoms with Gasteiger partial charge in [-0.1, -0.05) is 22.0 Å². The van der Waals surface area contributed by atoms with Gasteiger partial charge in [-0.2, -0.15) is 0 Å². The summed E-state index contributed by atoms with van der Waals surface area (Å²) < 4.78 is 6.12. The molecule has 3 heteroatoms. The number of aldehydes is 1. The monoisotopic (exact) mass is 256 g/mol. The largest absolute Gasteiger partial charge is 0.496 e. The number of hydrogen-bond donors (Lipinski definition) is 0. The SMILES string of the molecule is COc1cccc(Br)c1C(C)(C)C=O. The van der Waals surface area contributed by atoms with Crippen molar-refractivity contribution in [1.29, 1.82) is 0 Å². The Morgan fingerprint density at radius 3 is 2.57 bits per heavy atom. The third-order valence-electron chi connectivity index (χ3n) is 2.13. The van der Waals surface area contributed by atoms with E-state index < -0.39 is 5.41 Å². The zero-order valence-corrected chi connectivity index (χ0v) is 10.1. The van der Waals surface area contributed by atoms with Crippen LogP contribution in [-0.4, -0.2) is 13.4 Å². The summed E-state index contributed by atoms with van der Waals surface area (Å²) in [5, 5.41) is 0. The van der Waals surface area contributed by atoms with Crippen molar-refractivity contribution in [2.75, 3.05) is 7.11 Å². The standard InChI is InChI=1S/C11H13BrO2/c1-11(2,7-13)10-8(12)5-4-6-9(10)14-3/h4-7H,1-3H3. The molecule has 0 aliphatic heterocycles. The summed E-state index contributed by atoms with van der Waals surface area (Å²) in [5.74, 6) is 0.733. The van der Waals surface area contributed by atoms with Gasteiger partial charge in [-0.25, -0.2) is 0 Å². The molecule has 14 heavy (non-hydrogen) atoms. The molecule has 0 heterocycles. The van der Waals surface area contributed by atoms with Crippen LogP contribution in [0.5, 0.6) is 5.75 Å². The summed E-state index contributed by atoms with van der Waals surface area (Å²) in [6, 6.07) is 5.64. The van der Waals surface area contributed by atoms with Crippen molar-refractivity contribution in [1.82, 2.24) is 0 Å². The van der Waals surface area contributed by atoms with Crippen LogP contribution in [0.3, 0.4) is 0 Å². The molecule has 0 saturated heterocycles. The number of hydrogen-bond acceptors (Lipinski definition) is 2. The number of rotatable bonds is 3. The van der Waals surface area contributed by atoms with Crippen molar-refractivity contribution in [2.24, 2.45) is 0 Å². The molecule has 0 aromatic heterocycles. The van der Waals surface area contributed by atoms with Gasteiger partial charge in [-0.05, 0) is 26.0 Å². The quantitative estimate of drug-likeness (QED) is 0.778. The van der Waals surface area contributed by atoms with Crippen LogP contribution in [0.25, 0.3) is 0 Å². The van der Waals surface area contributed by atoms with E-state index in [0.717, 1.165) is 22.1 Å². The van der Waals surface area contributed by atoms with Gasteiger partial charge in [0.05, 0.1) is 7.11 Å². The Balaban J connectivity index is 3.37. The van der Waals surface area contributed by atoms with E-state index in [2.05, 4.69) is 15.9 Å². The fourth-order valence-electron chi connectivity index (χ4n) is 1.36. The average molecular weight is 257 g/mol. The topological polar surface area (TPSA) is 26.3 Å². The Labute approximate surface area is 92.4 Å². The fourth-order valence-corrected chi connectivity index (χ4v) is 2.22. The molecule has 0 radical (unpaired) electrons. The molecule has 1 aromatic carbocycles. The van der Waals surface area contributed by atoms with E-state index in [1.807, 2.05) is 32.0 Å². The van der Waals surface area contributed by atoms with E-state index in [4.69, 9.17) is 4.74 Å². The minimum Gasteiger partial charge on any atom is -0.496 e. The average Bonchev–Trinajstić information content (AvgIpc) is 2.17. The van der Waals surface area contributed by atoms with Crippen LogP contribution in [0, 0.1) is 0 Å². The molecule has 0 unspecified atom stereocenters. The van der Waals surface area contributed by atoms with Crippen molar-refractivity contribution in [2.45, 2.75) is 19.3 Å². The first-order valence-corrected chi connectivity index (χ1v) is 5.11. The number of benzene rings is 1. The molecule has 0 aliphatic rings. The third kappa shape index (κ3) is 1.98. The lowest BCUT2D eigenvalue weighted by Crippen LogP contribution is -2.20. The second-order valence-corrected chi connectivity index (χ2v) is 4.51. The van der Waals surface area contributed by atoms with Crippen LogP contribution in [0.2, 0.25) is 0 Å². The van der Waals surface area contributed by atoms with E-state index in [0.29, 0.717) is 0 Å². The molecule has 1 aromatic rings. The minimum absolute atomic E-state index is 0.536. The van der Waals surface area contributed by atoms with Crippen LogP contribution in [0.1, 0.15) is 19.4 Å². The summed E-state index contributed by atoms with van der Waals surface area (Å²) in [5.41, 5.74) is 0.350. The van der Waals surface area contributed by atoms with Gasteiger partial charge in [0.15, 0.2) is 0 Å². The van der Waals surface area contributed by atoms with Gasteiger partial charge in [-0.3, -0.25) is 0 Å². The van der Waals surface area contributed by atoms with Gasteiger partial charge in [-0.15, -0.1) is 0 Å². The van der Waals surface area contributed by atoms with Crippen LogP contribution in [0.15, 0.2) is 22.7 Å². The summed E-state index contributed by atoms with van der Waals surface area (Å²) in [6.45, 7) is 3.73. The van der Waals surface area contributed by atoms with E-state index >= 15 is 0 Å². The molecule has 76 valence electrons. The summed E-state index contributed by atoms with van der Waals surface area (Å²) in [4.78, 5) is 11.0. The Morgan fingerprint density at radius 1 is 1.43 bits per heavy atom. The first kappa shape index (κ1) is 11.2. The summed E-state index contributed by atoms with van der Waals surface area (Å²) >= 11 is 3.43. The normalized spacial score (nSPS) is 11.1. The predicted octanol–water partition coefficient (Wildman–Crippen LogP) is 2.93. The highest BCUT2D eigenvalue weighted by Gasteiger charge is 2.26. The lowest BCUT2D eigenvalue weighted by Gasteiger charge is -2.21. The van der Waals surface area contributed by atoms with Gasteiger partial charge in [0, 0.05) is 15.5 Å². The number of carbonyl (C=O) groups is 1. The Bertz CT molecular complexity index is 345. The zero-order valence-electron chi connectivity index (χ0n) is 8.50. The highest BCUT2D eigenvalue weighted by molar-refractivity contribution is 9.10. The van der Waals surface area contributed by atoms with Crippen LogP contribution >= 0.6 is 15.9 Å².